The summed E-state index contributed by atoms with van der Waals surface area (Å²) >= 11 is 0. The molecule has 2 N–H and O–H groups in total. The molecular weight excluding hydrogens is 326 g/mol. The third-order valence-electron chi connectivity index (χ3n) is 3.59. The van der Waals surface area contributed by atoms with Gasteiger partial charge in [-0.05, 0) is 12.1 Å². The van der Waals surface area contributed by atoms with Crippen molar-refractivity contribution in [3.8, 4) is 5.75 Å². The van der Waals surface area contributed by atoms with Gasteiger partial charge in [0.25, 0.3) is 0 Å². The highest BCUT2D eigenvalue weighted by atomic mass is 16.6. The third kappa shape index (κ3) is 9.04. The van der Waals surface area contributed by atoms with Crippen LogP contribution in [0.2, 0.25) is 0 Å². The Morgan fingerprint density at radius 2 is 1.24 bits per heavy atom. The van der Waals surface area contributed by atoms with Crippen LogP contribution in [0.5, 0.6) is 5.75 Å². The van der Waals surface area contributed by atoms with E-state index in [0.717, 1.165) is 0 Å². The lowest BCUT2D eigenvalue weighted by atomic mass is 10.2. The van der Waals surface area contributed by atoms with Crippen molar-refractivity contribution < 1.29 is 28.4 Å². The molecule has 0 amide bonds. The van der Waals surface area contributed by atoms with Gasteiger partial charge in [-0.25, -0.2) is 0 Å². The summed E-state index contributed by atoms with van der Waals surface area (Å²) in [4.78, 5) is 0. The Balaban J connectivity index is 1.75. The van der Waals surface area contributed by atoms with E-state index in [2.05, 4.69) is 0 Å². The number of anilines is 1. The van der Waals surface area contributed by atoms with E-state index in [1.807, 2.05) is 24.3 Å². The summed E-state index contributed by atoms with van der Waals surface area (Å²) in [7, 11) is 0. The molecule has 0 radical (unpaired) electrons. The van der Waals surface area contributed by atoms with Crippen LogP contribution in [0, 0.1) is 5.92 Å². The van der Waals surface area contributed by atoms with E-state index in [0.29, 0.717) is 84.1 Å². The predicted octanol–water partition coefficient (Wildman–Crippen LogP) is 1.36. The van der Waals surface area contributed by atoms with Gasteiger partial charge in [-0.2, -0.15) is 0 Å². The highest BCUT2D eigenvalue weighted by Crippen LogP contribution is 2.20. The van der Waals surface area contributed by atoms with Gasteiger partial charge >= 0.3 is 0 Å². The van der Waals surface area contributed by atoms with Gasteiger partial charge in [-0.3, -0.25) is 0 Å². The van der Waals surface area contributed by atoms with Crippen molar-refractivity contribution >= 4 is 5.69 Å². The lowest BCUT2D eigenvalue weighted by Crippen LogP contribution is -2.25. The summed E-state index contributed by atoms with van der Waals surface area (Å²) < 4.78 is 33.4. The van der Waals surface area contributed by atoms with Crippen molar-refractivity contribution in [3.05, 3.63) is 24.3 Å². The lowest BCUT2D eigenvalue weighted by Gasteiger charge is -2.19. The summed E-state index contributed by atoms with van der Waals surface area (Å²) in [5, 5.41) is 0. The number of benzene rings is 1. The number of nitrogen functional groups attached to an aromatic ring is 1. The maximum atomic E-state index is 5.90. The molecule has 7 nitrogen and oxygen atoms in total. The van der Waals surface area contributed by atoms with Gasteiger partial charge < -0.3 is 34.2 Å². The fourth-order valence-electron chi connectivity index (χ4n) is 2.24. The first kappa shape index (κ1) is 19.9. The molecule has 1 aliphatic heterocycles. The maximum Gasteiger partial charge on any atom is 0.142 e. The van der Waals surface area contributed by atoms with E-state index < -0.39 is 0 Å². The lowest BCUT2D eigenvalue weighted by molar-refractivity contribution is -0.0381. The predicted molar refractivity (Wildman–Crippen MR) is 93.9 cm³/mol. The van der Waals surface area contributed by atoms with Crippen LogP contribution in [0.1, 0.15) is 0 Å². The zero-order valence-electron chi connectivity index (χ0n) is 14.7. The first-order valence-corrected chi connectivity index (χ1v) is 8.72. The minimum absolute atomic E-state index is 0.107. The number of hydrogen-bond acceptors (Lipinski definition) is 7. The van der Waals surface area contributed by atoms with Crippen LogP contribution in [0.3, 0.4) is 0 Å². The topological polar surface area (TPSA) is 81.4 Å². The van der Waals surface area contributed by atoms with Gasteiger partial charge in [-0.15, -0.1) is 0 Å². The second-order valence-electron chi connectivity index (χ2n) is 5.70. The van der Waals surface area contributed by atoms with Crippen molar-refractivity contribution in [2.24, 2.45) is 5.92 Å². The summed E-state index contributed by atoms with van der Waals surface area (Å²) in [5.41, 5.74) is 6.53. The van der Waals surface area contributed by atoms with Gasteiger partial charge in [0.2, 0.25) is 0 Å². The van der Waals surface area contributed by atoms with E-state index in [-0.39, 0.29) is 5.92 Å². The molecule has 0 unspecified atom stereocenters. The summed E-state index contributed by atoms with van der Waals surface area (Å²) in [6.07, 6.45) is 0. The first-order valence-electron chi connectivity index (χ1n) is 8.72. The number of hydrogen-bond donors (Lipinski definition) is 1. The zero-order chi connectivity index (χ0) is 17.6. The Hall–Kier alpha value is -1.38. The maximum absolute atomic E-state index is 5.90. The molecule has 2 rings (SSSR count). The molecule has 7 heteroatoms. The quantitative estimate of drug-likeness (QED) is 0.820. The molecule has 1 aromatic carbocycles. The van der Waals surface area contributed by atoms with E-state index >= 15 is 0 Å². The molecule has 0 bridgehead atoms. The molecule has 0 spiro atoms. The highest BCUT2D eigenvalue weighted by molar-refractivity contribution is 5.51. The van der Waals surface area contributed by atoms with Crippen LogP contribution in [-0.2, 0) is 23.7 Å². The van der Waals surface area contributed by atoms with E-state index in [1.54, 1.807) is 0 Å². The van der Waals surface area contributed by atoms with Crippen molar-refractivity contribution in [3.63, 3.8) is 0 Å². The fraction of sp³-hybridized carbons (Fsp3) is 0.667. The second kappa shape index (κ2) is 12.9. The van der Waals surface area contributed by atoms with Gasteiger partial charge in [0.1, 0.15) is 5.75 Å². The van der Waals surface area contributed by atoms with Crippen molar-refractivity contribution in [1.29, 1.82) is 0 Å². The normalized spacial score (nSPS) is 20.2. The number of nitrogens with two attached hydrogens (primary N) is 1. The Labute approximate surface area is 149 Å². The number of ether oxygens (including phenoxy) is 6. The van der Waals surface area contributed by atoms with Gasteiger partial charge in [-0.1, -0.05) is 12.1 Å². The number of para-hydroxylation sites is 2. The largest absolute Gasteiger partial charge is 0.491 e. The molecule has 0 atom stereocenters. The van der Waals surface area contributed by atoms with E-state index in [4.69, 9.17) is 34.2 Å². The second-order valence-corrected chi connectivity index (χ2v) is 5.70. The molecule has 1 fully saturated rings. The van der Waals surface area contributed by atoms with Crippen LogP contribution in [0.25, 0.3) is 0 Å². The highest BCUT2D eigenvalue weighted by Gasteiger charge is 2.12. The Morgan fingerprint density at radius 3 is 1.76 bits per heavy atom. The Bertz CT molecular complexity index is 443. The van der Waals surface area contributed by atoms with Gasteiger partial charge in [0, 0.05) is 5.92 Å². The summed E-state index contributed by atoms with van der Waals surface area (Å²) in [5.74, 6) is 0.789. The molecular formula is C18H29NO6. The molecule has 1 saturated heterocycles. The standard InChI is InChI=1S/C18H29NO6/c19-17-3-1-2-4-18(17)25-15-16-13-23-11-9-21-7-5-20-6-8-22-10-12-24-14-16/h1-4,16H,5-15,19H2. The molecule has 25 heavy (non-hydrogen) atoms. The third-order valence-corrected chi connectivity index (χ3v) is 3.59. The fourth-order valence-corrected chi connectivity index (χ4v) is 2.24. The molecule has 142 valence electrons. The van der Waals surface area contributed by atoms with Crippen molar-refractivity contribution in [1.82, 2.24) is 0 Å². The molecule has 1 aliphatic rings. The minimum Gasteiger partial charge on any atom is -0.491 e. The van der Waals surface area contributed by atoms with Crippen LogP contribution < -0.4 is 10.5 Å². The SMILES string of the molecule is Nc1ccccc1OCC1COCCOCCOCCOCCOC1. The smallest absolute Gasteiger partial charge is 0.142 e. The van der Waals surface area contributed by atoms with Gasteiger partial charge in [0.15, 0.2) is 0 Å². The van der Waals surface area contributed by atoms with Crippen LogP contribution >= 0.6 is 0 Å². The minimum atomic E-state index is 0.107. The zero-order valence-corrected chi connectivity index (χ0v) is 14.7. The first-order chi connectivity index (χ1) is 12.4. The number of rotatable bonds is 3. The Morgan fingerprint density at radius 1 is 0.760 bits per heavy atom. The summed E-state index contributed by atoms with van der Waals surface area (Å²) in [6, 6.07) is 7.46. The molecule has 1 aromatic rings. The summed E-state index contributed by atoms with van der Waals surface area (Å²) in [6.45, 7) is 5.95. The monoisotopic (exact) mass is 355 g/mol. The average Bonchev–Trinajstić information content (AvgIpc) is 2.62. The molecule has 0 aromatic heterocycles. The molecule has 1 heterocycles. The Kier molecular flexibility index (Phi) is 10.3. The van der Waals surface area contributed by atoms with Crippen LogP contribution in [0.4, 0.5) is 5.69 Å². The van der Waals surface area contributed by atoms with Gasteiger partial charge in [0.05, 0.1) is 78.4 Å². The van der Waals surface area contributed by atoms with E-state index in [9.17, 15) is 0 Å². The van der Waals surface area contributed by atoms with E-state index in [1.165, 1.54) is 0 Å². The molecule has 0 aliphatic carbocycles. The molecule has 0 saturated carbocycles. The van der Waals surface area contributed by atoms with Crippen LogP contribution in [-0.4, -0.2) is 72.7 Å². The van der Waals surface area contributed by atoms with Crippen LogP contribution in [0.15, 0.2) is 24.3 Å². The van der Waals surface area contributed by atoms with Crippen molar-refractivity contribution in [2.45, 2.75) is 0 Å². The average molecular weight is 355 g/mol. The van der Waals surface area contributed by atoms with Crippen molar-refractivity contribution in [2.75, 3.05) is 78.4 Å².